The van der Waals surface area contributed by atoms with E-state index in [9.17, 15) is 13.2 Å². The summed E-state index contributed by atoms with van der Waals surface area (Å²) in [6, 6.07) is 8.01. The molecule has 1 saturated carbocycles. The first kappa shape index (κ1) is 16.9. The Labute approximate surface area is 149 Å². The summed E-state index contributed by atoms with van der Waals surface area (Å²) >= 11 is 0. The van der Waals surface area contributed by atoms with Crippen molar-refractivity contribution in [3.05, 3.63) is 29.8 Å². The number of carbonyl (C=O) groups excluding carboxylic acids is 1. The van der Waals surface area contributed by atoms with Gasteiger partial charge in [0.1, 0.15) is 21.2 Å². The van der Waals surface area contributed by atoms with Crippen molar-refractivity contribution in [3.63, 3.8) is 0 Å². The lowest BCUT2D eigenvalue weighted by molar-refractivity contribution is -0.123. The Kier molecular flexibility index (Phi) is 3.69. The Morgan fingerprint density at radius 3 is 2.60 bits per heavy atom. The molecule has 136 valence electrons. The molecule has 1 aromatic rings. The lowest BCUT2D eigenvalue weighted by Gasteiger charge is -2.38. The lowest BCUT2D eigenvalue weighted by atomic mass is 9.80. The molecule has 2 heterocycles. The minimum Gasteiger partial charge on any atom is -0.488 e. The van der Waals surface area contributed by atoms with Crippen molar-refractivity contribution in [2.24, 2.45) is 5.92 Å². The third-order valence-electron chi connectivity index (χ3n) is 5.84. The van der Waals surface area contributed by atoms with Crippen molar-refractivity contribution in [2.45, 2.75) is 56.6 Å². The molecule has 25 heavy (non-hydrogen) atoms. The second-order valence-electron chi connectivity index (χ2n) is 8.38. The van der Waals surface area contributed by atoms with E-state index in [-0.39, 0.29) is 40.4 Å². The average Bonchev–Trinajstić information content (AvgIpc) is 3.22. The molecule has 2 aliphatic heterocycles. The fraction of sp³-hybridized carbons (Fsp3) is 0.632. The molecule has 2 atom stereocenters. The first-order valence-corrected chi connectivity index (χ1v) is 10.8. The van der Waals surface area contributed by atoms with Gasteiger partial charge in [-0.2, -0.15) is 0 Å². The van der Waals surface area contributed by atoms with Crippen LogP contribution in [0.15, 0.2) is 24.3 Å². The third kappa shape index (κ3) is 3.05. The molecule has 1 N–H and O–H groups in total. The van der Waals surface area contributed by atoms with Crippen LogP contribution in [0.2, 0.25) is 0 Å². The number of amides is 1. The van der Waals surface area contributed by atoms with Crippen LogP contribution in [-0.4, -0.2) is 37.5 Å². The number of hydrogen-bond donors (Lipinski definition) is 1. The van der Waals surface area contributed by atoms with E-state index >= 15 is 0 Å². The molecule has 3 aliphatic rings. The molecular formula is C19H25NO4S. The van der Waals surface area contributed by atoms with Crippen LogP contribution in [-0.2, 0) is 20.0 Å². The van der Waals surface area contributed by atoms with Crippen LogP contribution in [0, 0.1) is 5.92 Å². The van der Waals surface area contributed by atoms with Gasteiger partial charge in [-0.25, -0.2) is 8.42 Å². The van der Waals surface area contributed by atoms with Crippen LogP contribution in [0.5, 0.6) is 5.75 Å². The van der Waals surface area contributed by atoms with Gasteiger partial charge in [0, 0.05) is 22.9 Å². The number of carbonyl (C=O) groups is 1. The van der Waals surface area contributed by atoms with E-state index in [0.717, 1.165) is 24.2 Å². The molecular weight excluding hydrogens is 338 g/mol. The van der Waals surface area contributed by atoms with Crippen molar-refractivity contribution < 1.29 is 17.9 Å². The smallest absolute Gasteiger partial charge is 0.224 e. The predicted molar refractivity (Wildman–Crippen MR) is 95.4 cm³/mol. The van der Waals surface area contributed by atoms with E-state index in [1.165, 1.54) is 0 Å². The van der Waals surface area contributed by atoms with Gasteiger partial charge in [-0.1, -0.05) is 18.2 Å². The monoisotopic (exact) mass is 363 g/mol. The number of hydrogen-bond acceptors (Lipinski definition) is 4. The quantitative estimate of drug-likeness (QED) is 0.874. The molecule has 5 nitrogen and oxygen atoms in total. The summed E-state index contributed by atoms with van der Waals surface area (Å²) in [6.45, 7) is 4.15. The van der Waals surface area contributed by atoms with Gasteiger partial charge in [-0.15, -0.1) is 0 Å². The van der Waals surface area contributed by atoms with Crippen molar-refractivity contribution in [1.29, 1.82) is 0 Å². The number of para-hydroxylation sites is 1. The molecule has 1 aliphatic carbocycles. The maximum absolute atomic E-state index is 12.8. The number of benzene rings is 1. The van der Waals surface area contributed by atoms with Crippen LogP contribution in [0.25, 0.3) is 0 Å². The lowest BCUT2D eigenvalue weighted by Crippen LogP contribution is -2.44. The van der Waals surface area contributed by atoms with Gasteiger partial charge in [0.15, 0.2) is 0 Å². The molecule has 1 amide bonds. The second kappa shape index (κ2) is 5.47. The molecule has 4 rings (SSSR count). The van der Waals surface area contributed by atoms with Gasteiger partial charge < -0.3 is 10.1 Å². The molecule has 6 heteroatoms. The zero-order valence-electron chi connectivity index (χ0n) is 14.7. The molecule has 0 bridgehead atoms. The standard InChI is InChI=1S/C19H25NO4S/c1-18(2)12-19(14-5-3-4-6-16(14)24-18)11-15(19)17(21)20-13-7-9-25(22,23)10-8-13/h3-6,13,15H,7-12H2,1-2H3,(H,20,21)/t15-,19+/m1/s1. The largest absolute Gasteiger partial charge is 0.488 e. The molecule has 0 unspecified atom stereocenters. The van der Waals surface area contributed by atoms with Crippen LogP contribution in [0.4, 0.5) is 0 Å². The first-order valence-electron chi connectivity index (χ1n) is 9.00. The highest BCUT2D eigenvalue weighted by Crippen LogP contribution is 2.63. The Hall–Kier alpha value is -1.56. The summed E-state index contributed by atoms with van der Waals surface area (Å²) in [5.41, 5.74) is 0.714. The highest BCUT2D eigenvalue weighted by atomic mass is 32.2. The number of fused-ring (bicyclic) bond motifs is 2. The van der Waals surface area contributed by atoms with Crippen LogP contribution >= 0.6 is 0 Å². The Balaban J connectivity index is 1.50. The third-order valence-corrected chi connectivity index (χ3v) is 7.56. The summed E-state index contributed by atoms with van der Waals surface area (Å²) in [5, 5.41) is 3.10. The van der Waals surface area contributed by atoms with Gasteiger partial charge in [0.05, 0.1) is 11.5 Å². The second-order valence-corrected chi connectivity index (χ2v) is 10.7. The van der Waals surface area contributed by atoms with Crippen molar-refractivity contribution in [3.8, 4) is 5.75 Å². The van der Waals surface area contributed by atoms with Gasteiger partial charge in [0.25, 0.3) is 0 Å². The molecule has 0 radical (unpaired) electrons. The fourth-order valence-electron chi connectivity index (χ4n) is 4.63. The molecule has 1 spiro atoms. The highest BCUT2D eigenvalue weighted by Gasteiger charge is 2.64. The first-order chi connectivity index (χ1) is 11.7. The number of rotatable bonds is 2. The van der Waals surface area contributed by atoms with E-state index in [1.54, 1.807) is 0 Å². The predicted octanol–water partition coefficient (Wildman–Crippen LogP) is 2.20. The fourth-order valence-corrected chi connectivity index (χ4v) is 6.13. The maximum Gasteiger partial charge on any atom is 0.224 e. The molecule has 2 fully saturated rings. The van der Waals surface area contributed by atoms with E-state index in [0.29, 0.717) is 12.8 Å². The number of ether oxygens (including phenoxy) is 1. The summed E-state index contributed by atoms with van der Waals surface area (Å²) in [6.07, 6.45) is 2.72. The van der Waals surface area contributed by atoms with E-state index in [2.05, 4.69) is 25.2 Å². The summed E-state index contributed by atoms with van der Waals surface area (Å²) in [7, 11) is -2.91. The Morgan fingerprint density at radius 1 is 1.20 bits per heavy atom. The molecule has 1 saturated heterocycles. The van der Waals surface area contributed by atoms with E-state index in [1.807, 2.05) is 18.2 Å². The zero-order valence-corrected chi connectivity index (χ0v) is 15.6. The van der Waals surface area contributed by atoms with Crippen LogP contribution in [0.3, 0.4) is 0 Å². The Morgan fingerprint density at radius 2 is 1.88 bits per heavy atom. The SMILES string of the molecule is CC1(C)C[C@@]2(C[C@@H]2C(=O)NC2CCS(=O)(=O)CC2)c2ccccc2O1. The van der Waals surface area contributed by atoms with Gasteiger partial charge in [-0.3, -0.25) is 4.79 Å². The van der Waals surface area contributed by atoms with E-state index < -0.39 is 9.84 Å². The van der Waals surface area contributed by atoms with Crippen molar-refractivity contribution in [2.75, 3.05) is 11.5 Å². The average molecular weight is 363 g/mol. The summed E-state index contributed by atoms with van der Waals surface area (Å²) in [5.74, 6) is 1.26. The van der Waals surface area contributed by atoms with Gasteiger partial charge >= 0.3 is 0 Å². The topological polar surface area (TPSA) is 72.5 Å². The van der Waals surface area contributed by atoms with E-state index in [4.69, 9.17) is 4.74 Å². The highest BCUT2D eigenvalue weighted by molar-refractivity contribution is 7.91. The van der Waals surface area contributed by atoms with Gasteiger partial charge in [-0.05, 0) is 45.6 Å². The number of sulfone groups is 1. The summed E-state index contributed by atoms with van der Waals surface area (Å²) in [4.78, 5) is 12.8. The van der Waals surface area contributed by atoms with Gasteiger partial charge in [0.2, 0.25) is 5.91 Å². The molecule has 0 aromatic heterocycles. The maximum atomic E-state index is 12.8. The van der Waals surface area contributed by atoms with Crippen molar-refractivity contribution in [1.82, 2.24) is 5.32 Å². The van der Waals surface area contributed by atoms with Crippen molar-refractivity contribution >= 4 is 15.7 Å². The minimum absolute atomic E-state index is 0.0169. The normalized spacial score (nSPS) is 32.5. The van der Waals surface area contributed by atoms with Crippen LogP contribution in [0.1, 0.15) is 45.1 Å². The van der Waals surface area contributed by atoms with Crippen LogP contribution < -0.4 is 10.1 Å². The Bertz CT molecular complexity index is 802. The summed E-state index contributed by atoms with van der Waals surface area (Å²) < 4.78 is 29.2. The zero-order chi connectivity index (χ0) is 17.9. The molecule has 1 aromatic carbocycles. The minimum atomic E-state index is -2.91. The number of nitrogens with one attached hydrogen (secondary N) is 1.